The number of halogens is 2. The van der Waals surface area contributed by atoms with E-state index in [4.69, 9.17) is 27.9 Å². The number of ether oxygens (including phenoxy) is 1. The zero-order chi connectivity index (χ0) is 29.3. The highest BCUT2D eigenvalue weighted by atomic mass is 35.5. The number of rotatable bonds is 11. The Morgan fingerprint density at radius 3 is 2.35 bits per heavy atom. The molecule has 2 aromatic rings. The molecule has 40 heavy (non-hydrogen) atoms. The van der Waals surface area contributed by atoms with Crippen LogP contribution in [-0.2, 0) is 24.3 Å². The van der Waals surface area contributed by atoms with Gasteiger partial charge in [0.25, 0.3) is 0 Å². The van der Waals surface area contributed by atoms with E-state index in [9.17, 15) is 23.1 Å². The summed E-state index contributed by atoms with van der Waals surface area (Å²) < 4.78 is 34.6. The van der Waals surface area contributed by atoms with E-state index in [1.54, 1.807) is 30.0 Å². The van der Waals surface area contributed by atoms with E-state index >= 15 is 0 Å². The lowest BCUT2D eigenvalue weighted by Crippen LogP contribution is -2.58. The standard InChI is InChI=1S/C29H36Cl2N2O6S/c1-4-23(15-40(37,38)32-16-28(2)17-39-18-28)33-26(19-8-10-21(30)11-9-19)24(20-6-5-7-22(31)12-20)13-29(3,27(33)36)14-25(34)35/h5-12,23-24,26,32H,4,13-18H2,1-3H3,(H,34,35). The van der Waals surface area contributed by atoms with Crippen LogP contribution in [-0.4, -0.2) is 61.9 Å². The first-order chi connectivity index (χ1) is 18.8. The zero-order valence-corrected chi connectivity index (χ0v) is 25.2. The van der Waals surface area contributed by atoms with Crippen molar-refractivity contribution in [3.8, 4) is 0 Å². The molecule has 8 nitrogen and oxygen atoms in total. The molecule has 0 aromatic heterocycles. The topological polar surface area (TPSA) is 113 Å². The van der Waals surface area contributed by atoms with Crippen LogP contribution in [0.25, 0.3) is 0 Å². The van der Waals surface area contributed by atoms with Crippen molar-refractivity contribution in [2.75, 3.05) is 25.5 Å². The maximum Gasteiger partial charge on any atom is 0.304 e. The second-order valence-electron chi connectivity index (χ2n) is 11.7. The van der Waals surface area contributed by atoms with E-state index in [0.717, 1.165) is 11.1 Å². The third-order valence-electron chi connectivity index (χ3n) is 8.03. The van der Waals surface area contributed by atoms with Crippen molar-refractivity contribution in [1.82, 2.24) is 9.62 Å². The van der Waals surface area contributed by atoms with Crippen molar-refractivity contribution in [2.45, 2.75) is 58.0 Å². The minimum absolute atomic E-state index is 0.238. The summed E-state index contributed by atoms with van der Waals surface area (Å²) in [7, 11) is -3.79. The number of amides is 1. The number of benzene rings is 2. The average Bonchev–Trinajstić information content (AvgIpc) is 2.87. The molecule has 0 saturated carbocycles. The fourth-order valence-electron chi connectivity index (χ4n) is 5.82. The van der Waals surface area contributed by atoms with Crippen LogP contribution in [0.2, 0.25) is 10.0 Å². The molecule has 11 heteroatoms. The molecule has 2 heterocycles. The van der Waals surface area contributed by atoms with Gasteiger partial charge in [-0.05, 0) is 48.2 Å². The number of hydrogen-bond acceptors (Lipinski definition) is 5. The molecule has 2 fully saturated rings. The lowest BCUT2D eigenvalue weighted by molar-refractivity contribution is -0.160. The van der Waals surface area contributed by atoms with Gasteiger partial charge in [-0.15, -0.1) is 0 Å². The Kier molecular flexibility index (Phi) is 9.22. The van der Waals surface area contributed by atoms with E-state index < -0.39 is 33.5 Å². The predicted molar refractivity (Wildman–Crippen MR) is 155 cm³/mol. The predicted octanol–water partition coefficient (Wildman–Crippen LogP) is 5.27. The fraction of sp³-hybridized carbons (Fsp3) is 0.517. The number of nitrogens with one attached hydrogen (secondary N) is 1. The molecule has 2 aliphatic rings. The quantitative estimate of drug-likeness (QED) is 0.358. The first kappa shape index (κ1) is 30.8. The van der Waals surface area contributed by atoms with E-state index in [1.165, 1.54) is 0 Å². The van der Waals surface area contributed by atoms with E-state index in [-0.39, 0.29) is 42.4 Å². The van der Waals surface area contributed by atoms with Gasteiger partial charge in [0.15, 0.2) is 0 Å². The third kappa shape index (κ3) is 6.82. The van der Waals surface area contributed by atoms with Crippen LogP contribution in [0.5, 0.6) is 0 Å². The summed E-state index contributed by atoms with van der Waals surface area (Å²) in [6.45, 7) is 6.64. The molecular formula is C29H36Cl2N2O6S. The molecule has 2 N–H and O–H groups in total. The van der Waals surface area contributed by atoms with Crippen LogP contribution in [0.4, 0.5) is 0 Å². The Morgan fingerprint density at radius 2 is 1.80 bits per heavy atom. The molecule has 4 unspecified atom stereocenters. The lowest BCUT2D eigenvalue weighted by Gasteiger charge is -2.51. The molecule has 2 saturated heterocycles. The van der Waals surface area contributed by atoms with Crippen molar-refractivity contribution < 1.29 is 27.9 Å². The van der Waals surface area contributed by atoms with Crippen molar-refractivity contribution in [1.29, 1.82) is 0 Å². The van der Waals surface area contributed by atoms with Gasteiger partial charge in [0.1, 0.15) is 0 Å². The number of likely N-dealkylation sites (tertiary alicyclic amines) is 1. The second-order valence-corrected chi connectivity index (χ2v) is 14.4. The number of aliphatic carboxylic acids is 1. The normalized spacial score (nSPS) is 25.3. The first-order valence-electron chi connectivity index (χ1n) is 13.4. The molecule has 2 aromatic carbocycles. The minimum Gasteiger partial charge on any atom is -0.481 e. The number of sulfonamides is 1. The molecule has 0 spiro atoms. The molecule has 0 aliphatic carbocycles. The SMILES string of the molecule is CCC(CS(=O)(=O)NCC1(C)COC1)N1C(=O)C(C)(CC(=O)O)CC(c2cccc(Cl)c2)C1c1ccc(Cl)cc1. The number of carboxylic acids is 1. The first-order valence-corrected chi connectivity index (χ1v) is 15.8. The number of carboxylic acid groups (broad SMARTS) is 1. The highest BCUT2D eigenvalue weighted by molar-refractivity contribution is 7.89. The van der Waals surface area contributed by atoms with Gasteiger partial charge in [-0.1, -0.05) is 68.2 Å². The Labute approximate surface area is 246 Å². The monoisotopic (exact) mass is 610 g/mol. The van der Waals surface area contributed by atoms with Gasteiger partial charge in [-0.25, -0.2) is 13.1 Å². The highest BCUT2D eigenvalue weighted by Crippen LogP contribution is 2.52. The third-order valence-corrected chi connectivity index (χ3v) is 9.92. The summed E-state index contributed by atoms with van der Waals surface area (Å²) in [5, 5.41) is 10.8. The highest BCUT2D eigenvalue weighted by Gasteiger charge is 2.52. The van der Waals surface area contributed by atoms with Gasteiger partial charge < -0.3 is 14.7 Å². The van der Waals surface area contributed by atoms with E-state index in [1.807, 2.05) is 44.2 Å². The summed E-state index contributed by atoms with van der Waals surface area (Å²) >= 11 is 12.6. The Balaban J connectivity index is 1.80. The van der Waals surface area contributed by atoms with Crippen molar-refractivity contribution in [2.24, 2.45) is 10.8 Å². The van der Waals surface area contributed by atoms with Crippen LogP contribution in [0.3, 0.4) is 0 Å². The van der Waals surface area contributed by atoms with Crippen LogP contribution in [0.15, 0.2) is 48.5 Å². The van der Waals surface area contributed by atoms with Crippen molar-refractivity contribution in [3.63, 3.8) is 0 Å². The maximum atomic E-state index is 14.3. The van der Waals surface area contributed by atoms with Gasteiger partial charge in [0.05, 0.1) is 36.8 Å². The summed E-state index contributed by atoms with van der Waals surface area (Å²) in [5.41, 5.74) is 0.0981. The van der Waals surface area contributed by atoms with Crippen molar-refractivity contribution in [3.05, 3.63) is 69.7 Å². The van der Waals surface area contributed by atoms with Crippen LogP contribution in [0.1, 0.15) is 63.1 Å². The zero-order valence-electron chi connectivity index (χ0n) is 22.9. The number of carbonyl (C=O) groups excluding carboxylic acids is 1. The molecule has 4 atom stereocenters. The molecular weight excluding hydrogens is 575 g/mol. The largest absolute Gasteiger partial charge is 0.481 e. The van der Waals surface area contributed by atoms with Gasteiger partial charge in [0.2, 0.25) is 15.9 Å². The average molecular weight is 612 g/mol. The second kappa shape index (κ2) is 12.0. The Bertz CT molecular complexity index is 1350. The number of hydrogen-bond donors (Lipinski definition) is 2. The Hall–Kier alpha value is -2.17. The summed E-state index contributed by atoms with van der Waals surface area (Å²) in [4.78, 5) is 27.9. The summed E-state index contributed by atoms with van der Waals surface area (Å²) in [6.07, 6.45) is 0.219. The van der Waals surface area contributed by atoms with E-state index in [0.29, 0.717) is 29.7 Å². The van der Waals surface area contributed by atoms with E-state index in [2.05, 4.69) is 4.72 Å². The summed E-state index contributed by atoms with van der Waals surface area (Å²) in [6, 6.07) is 13.2. The number of piperidine rings is 1. The van der Waals surface area contributed by atoms with Crippen LogP contribution >= 0.6 is 23.2 Å². The molecule has 0 bridgehead atoms. The maximum absolute atomic E-state index is 14.3. The molecule has 1 amide bonds. The Morgan fingerprint density at radius 1 is 1.12 bits per heavy atom. The molecule has 0 radical (unpaired) electrons. The van der Waals surface area contributed by atoms with Gasteiger partial charge >= 0.3 is 5.97 Å². The molecule has 218 valence electrons. The minimum atomic E-state index is -3.79. The van der Waals surface area contributed by atoms with Crippen LogP contribution in [0, 0.1) is 10.8 Å². The molecule has 2 aliphatic heterocycles. The van der Waals surface area contributed by atoms with Gasteiger partial charge in [-0.3, -0.25) is 9.59 Å². The number of carbonyl (C=O) groups is 2. The van der Waals surface area contributed by atoms with Crippen LogP contribution < -0.4 is 4.72 Å². The number of nitrogens with zero attached hydrogens (tertiary/aromatic N) is 1. The smallest absolute Gasteiger partial charge is 0.304 e. The van der Waals surface area contributed by atoms with Gasteiger partial charge in [-0.2, -0.15) is 0 Å². The lowest BCUT2D eigenvalue weighted by atomic mass is 9.67. The fourth-order valence-corrected chi connectivity index (χ4v) is 7.74. The van der Waals surface area contributed by atoms with Gasteiger partial charge in [0, 0.05) is 34.0 Å². The van der Waals surface area contributed by atoms with Crippen molar-refractivity contribution >= 4 is 45.1 Å². The molecule has 4 rings (SSSR count). The summed E-state index contributed by atoms with van der Waals surface area (Å²) in [5.74, 6) is -2.14.